The van der Waals surface area contributed by atoms with Crippen molar-refractivity contribution in [3.8, 4) is 5.75 Å². The molecule has 3 aromatic rings. The molecule has 2 aromatic carbocycles. The van der Waals surface area contributed by atoms with Gasteiger partial charge in [0.15, 0.2) is 0 Å². The van der Waals surface area contributed by atoms with Gasteiger partial charge in [-0.3, -0.25) is 9.59 Å². The Hall–Kier alpha value is -4.91. The molecule has 388 valence electrons. The number of hydrogen-bond acceptors (Lipinski definition) is 17. The Bertz CT molecular complexity index is 1930. The van der Waals surface area contributed by atoms with Crippen LogP contribution < -0.4 is 21.3 Å². The zero-order valence-electron chi connectivity index (χ0n) is 40.0. The third kappa shape index (κ3) is 23.8. The number of hydrogen-bond donors (Lipinski definition) is 5. The number of unbranched alkanes of at least 4 members (excludes halogenated alkanes) is 1. The molecular weight excluding hydrogens is 931 g/mol. The molecule has 0 radical (unpaired) electrons. The number of nitrogens with zero attached hydrogens (tertiary/aromatic N) is 3. The second-order valence-electron chi connectivity index (χ2n) is 16.3. The number of esters is 1. The maximum Gasteiger partial charge on any atom is 0.338 e. The molecule has 0 aliphatic carbocycles. The van der Waals surface area contributed by atoms with Crippen molar-refractivity contribution < 1.29 is 66.9 Å². The smallest absolute Gasteiger partial charge is 0.338 e. The quantitative estimate of drug-likeness (QED) is 0.0312. The van der Waals surface area contributed by atoms with Crippen molar-refractivity contribution >= 4 is 35.6 Å². The van der Waals surface area contributed by atoms with Crippen molar-refractivity contribution in [3.05, 3.63) is 77.1 Å². The highest BCUT2D eigenvalue weighted by molar-refractivity contribution is 8.00. The van der Waals surface area contributed by atoms with Gasteiger partial charge in [0.1, 0.15) is 18.1 Å². The molecular formula is C48H71N7O14S. The first-order chi connectivity index (χ1) is 34.3. The number of benzene rings is 2. The summed E-state index contributed by atoms with van der Waals surface area (Å²) >= 11 is 1.88. The van der Waals surface area contributed by atoms with Crippen molar-refractivity contribution in [2.75, 3.05) is 118 Å². The van der Waals surface area contributed by atoms with E-state index in [1.165, 1.54) is 0 Å². The van der Waals surface area contributed by atoms with Crippen LogP contribution in [0.1, 0.15) is 59.3 Å². The summed E-state index contributed by atoms with van der Waals surface area (Å²) in [5, 5.41) is 29.6. The van der Waals surface area contributed by atoms with Gasteiger partial charge >= 0.3 is 12.0 Å². The molecule has 0 bridgehead atoms. The molecule has 2 aliphatic rings. The van der Waals surface area contributed by atoms with Crippen molar-refractivity contribution in [2.45, 2.75) is 75.6 Å². The van der Waals surface area contributed by atoms with E-state index in [2.05, 4.69) is 31.6 Å². The van der Waals surface area contributed by atoms with E-state index in [0.717, 1.165) is 36.1 Å². The predicted octanol–water partition coefficient (Wildman–Crippen LogP) is 2.56. The number of thioether (sulfide) groups is 1. The normalized spacial score (nSPS) is 16.2. The van der Waals surface area contributed by atoms with E-state index >= 15 is 0 Å². The maximum absolute atomic E-state index is 12.6. The molecule has 2 aliphatic heterocycles. The first-order valence-electron chi connectivity index (χ1n) is 24.1. The minimum Gasteiger partial charge on any atom is -0.508 e. The number of nitrogens with one attached hydrogen (secondary N) is 4. The second kappa shape index (κ2) is 34.4. The SMILES string of the molecule is O=C(CCOCCOCCOCCOCCOCCOCCOCCOCCn1cc(COC(=O)c2ccc(CNC(=O)CCCC[C@@H]3SC[C@@H]4NC(=O)N[C@@H]43)cc2)nn1)NCCc1ccc(O)cc1. The highest BCUT2D eigenvalue weighted by atomic mass is 32.2. The second-order valence-corrected chi connectivity index (χ2v) is 17.6. The van der Waals surface area contributed by atoms with E-state index in [1.54, 1.807) is 47.3 Å². The summed E-state index contributed by atoms with van der Waals surface area (Å²) in [7, 11) is 0. The molecule has 0 spiro atoms. The molecule has 21 nitrogen and oxygen atoms in total. The Morgan fingerprint density at radius 1 is 0.671 bits per heavy atom. The van der Waals surface area contributed by atoms with Crippen molar-refractivity contribution in [2.24, 2.45) is 0 Å². The lowest BCUT2D eigenvalue weighted by Gasteiger charge is -2.16. The fourth-order valence-corrected chi connectivity index (χ4v) is 8.66. The summed E-state index contributed by atoms with van der Waals surface area (Å²) in [6.45, 7) is 8.27. The molecule has 22 heteroatoms. The topological polar surface area (TPSA) is 250 Å². The fraction of sp³-hybridized carbons (Fsp3) is 0.625. The lowest BCUT2D eigenvalue weighted by atomic mass is 10.0. The molecule has 1 aromatic heterocycles. The standard InChI is InChI=1S/C48H71N7O14S/c56-41-11-7-37(8-12-41)13-15-49-45(58)14-17-61-19-21-63-23-25-65-27-29-67-31-32-68-30-28-66-26-24-64-22-20-62-18-16-55-34-40(53-54-55)35-69-47(59)39-9-5-38(6-10-39)33-50-44(57)4-2-1-3-43-46-42(36-70-43)51-48(60)52-46/h5-12,34,42-43,46,56H,1-4,13-33,35-36H2,(H,49,58)(H,50,57)(H2,51,52,60)/t42-,43-,46-/m0/s1. The molecule has 0 saturated carbocycles. The number of aromatic hydroxyl groups is 1. The van der Waals surface area contributed by atoms with Gasteiger partial charge in [-0.1, -0.05) is 35.9 Å². The largest absolute Gasteiger partial charge is 0.508 e. The Kier molecular flexibility index (Phi) is 27.5. The number of carbonyl (C=O) groups is 4. The number of carbonyl (C=O) groups excluding carboxylic acids is 4. The molecule has 0 unspecified atom stereocenters. The summed E-state index contributed by atoms with van der Waals surface area (Å²) in [5.74, 6) is 0.592. The summed E-state index contributed by atoms with van der Waals surface area (Å²) < 4.78 is 51.2. The van der Waals surface area contributed by atoms with Gasteiger partial charge in [0.05, 0.1) is 136 Å². The van der Waals surface area contributed by atoms with Crippen LogP contribution in [0, 0.1) is 0 Å². The van der Waals surface area contributed by atoms with Gasteiger partial charge in [-0.25, -0.2) is 14.3 Å². The first-order valence-corrected chi connectivity index (χ1v) is 25.1. The number of amides is 4. The lowest BCUT2D eigenvalue weighted by molar-refractivity contribution is -0.122. The Morgan fingerprint density at radius 3 is 1.84 bits per heavy atom. The third-order valence-corrected chi connectivity index (χ3v) is 12.4. The van der Waals surface area contributed by atoms with Crippen molar-refractivity contribution in [1.29, 1.82) is 0 Å². The van der Waals surface area contributed by atoms with Crippen molar-refractivity contribution in [1.82, 2.24) is 36.3 Å². The zero-order valence-corrected chi connectivity index (χ0v) is 40.8. The average Bonchev–Trinajstić information content (AvgIpc) is 4.09. The van der Waals surface area contributed by atoms with Crippen LogP contribution in [0.2, 0.25) is 0 Å². The average molecular weight is 1000 g/mol. The Balaban J connectivity index is 0.714. The van der Waals surface area contributed by atoms with Gasteiger partial charge in [-0.15, -0.1) is 5.10 Å². The van der Waals surface area contributed by atoms with Gasteiger partial charge in [0.25, 0.3) is 0 Å². The molecule has 4 amide bonds. The van der Waals surface area contributed by atoms with Crippen LogP contribution in [0.15, 0.2) is 54.7 Å². The van der Waals surface area contributed by atoms with Crippen molar-refractivity contribution in [3.63, 3.8) is 0 Å². The Labute approximate surface area is 414 Å². The van der Waals surface area contributed by atoms with Crippen LogP contribution in [0.3, 0.4) is 0 Å². The van der Waals surface area contributed by atoms with E-state index in [4.69, 9.17) is 42.6 Å². The number of ether oxygens (including phenoxy) is 9. The molecule has 2 saturated heterocycles. The third-order valence-electron chi connectivity index (χ3n) is 10.9. The number of aromatic nitrogens is 3. The number of phenolic OH excluding ortho intramolecular Hbond substituents is 1. The van der Waals surface area contributed by atoms with E-state index in [9.17, 15) is 24.3 Å². The maximum atomic E-state index is 12.6. The molecule has 5 N–H and O–H groups in total. The summed E-state index contributed by atoms with van der Waals surface area (Å²) in [6, 6.07) is 14.2. The van der Waals surface area contributed by atoms with E-state index < -0.39 is 5.97 Å². The Morgan fingerprint density at radius 2 is 1.23 bits per heavy atom. The summed E-state index contributed by atoms with van der Waals surface area (Å²) in [5.41, 5.74) is 2.83. The zero-order chi connectivity index (χ0) is 49.3. The fourth-order valence-electron chi connectivity index (χ4n) is 7.12. The lowest BCUT2D eigenvalue weighted by Crippen LogP contribution is -2.36. The molecule has 3 atom stereocenters. The predicted molar refractivity (Wildman–Crippen MR) is 257 cm³/mol. The number of phenols is 1. The number of rotatable bonds is 40. The number of urea groups is 1. The molecule has 3 heterocycles. The minimum absolute atomic E-state index is 0.0152. The van der Waals surface area contributed by atoms with Crippen LogP contribution in [-0.4, -0.2) is 179 Å². The highest BCUT2D eigenvalue weighted by Gasteiger charge is 2.42. The number of fused-ring (bicyclic) bond motifs is 1. The van der Waals surface area contributed by atoms with Crippen LogP contribution in [0.4, 0.5) is 4.79 Å². The molecule has 5 rings (SSSR count). The summed E-state index contributed by atoms with van der Waals surface area (Å²) in [4.78, 5) is 48.5. The molecule has 70 heavy (non-hydrogen) atoms. The monoisotopic (exact) mass is 1000 g/mol. The minimum atomic E-state index is -0.482. The highest BCUT2D eigenvalue weighted by Crippen LogP contribution is 2.33. The van der Waals surface area contributed by atoms with Gasteiger partial charge in [0.2, 0.25) is 11.8 Å². The van der Waals surface area contributed by atoms with Gasteiger partial charge < -0.3 is 69.0 Å². The van der Waals surface area contributed by atoms with Gasteiger partial charge in [-0.05, 0) is 54.7 Å². The van der Waals surface area contributed by atoms with Crippen LogP contribution >= 0.6 is 11.8 Å². The summed E-state index contributed by atoms with van der Waals surface area (Å²) in [6.07, 6.45) is 5.82. The van der Waals surface area contributed by atoms with E-state index in [0.29, 0.717) is 155 Å². The first kappa shape index (κ1) is 56.0. The molecule has 2 fully saturated rings. The van der Waals surface area contributed by atoms with Crippen LogP contribution in [-0.2, 0) is 78.3 Å². The van der Waals surface area contributed by atoms with Gasteiger partial charge in [0, 0.05) is 36.9 Å². The van der Waals surface area contributed by atoms with E-state index in [1.807, 2.05) is 23.9 Å². The van der Waals surface area contributed by atoms with E-state index in [-0.39, 0.29) is 48.7 Å². The van der Waals surface area contributed by atoms with Gasteiger partial charge in [-0.2, -0.15) is 11.8 Å². The van der Waals surface area contributed by atoms with Crippen LogP contribution in [0.5, 0.6) is 5.75 Å². The van der Waals surface area contributed by atoms with Crippen LogP contribution in [0.25, 0.3) is 0 Å².